The maximum Gasteiger partial charge on any atom is 2.00 e. The largest absolute Gasteiger partial charge is 2.00 e. The molecule has 3 aromatic heterocycles. The Kier molecular flexibility index (Phi) is 10.9. The third kappa shape index (κ3) is 6.75. The van der Waals surface area contributed by atoms with Gasteiger partial charge in [0.1, 0.15) is 23.0 Å². The molecule has 8 nitrogen and oxygen atoms in total. The molecule has 2 aliphatic rings. The zero-order valence-electron chi connectivity index (χ0n) is 28.6. The summed E-state index contributed by atoms with van der Waals surface area (Å²) in [4.78, 5) is 17.5. The Labute approximate surface area is 338 Å². The van der Waals surface area contributed by atoms with Crippen LogP contribution in [0.5, 0.6) is 23.0 Å². The number of phenols is 4. The molecule has 9 rings (SSSR count). The number of hydrogen-bond acceptors (Lipinski definition) is 6. The van der Waals surface area contributed by atoms with E-state index in [9.17, 15) is 20.4 Å². The number of aromatic nitrogens is 4. The van der Waals surface area contributed by atoms with E-state index < -0.39 is 0 Å². The molecular weight excluding hydrogens is 775 g/mol. The predicted molar refractivity (Wildman–Crippen MR) is 207 cm³/mol. The molecule has 0 fully saturated rings. The van der Waals surface area contributed by atoms with Crippen LogP contribution >= 0.6 is 0 Å². The summed E-state index contributed by atoms with van der Waals surface area (Å²) in [7, 11) is 0. The maximum absolute atomic E-state index is 11.2. The number of halogens is 2. The van der Waals surface area contributed by atoms with Crippen molar-refractivity contribution in [2.24, 2.45) is 0 Å². The van der Waals surface area contributed by atoms with E-state index in [2.05, 4.69) is 9.97 Å². The smallest absolute Gasteiger partial charge is 1.00 e. The molecule has 2 aliphatic heterocycles. The van der Waals surface area contributed by atoms with E-state index in [1.165, 1.54) is 0 Å². The van der Waals surface area contributed by atoms with Crippen LogP contribution in [0.1, 0.15) is 22.8 Å². The normalized spacial score (nSPS) is 11.3. The third-order valence-electron chi connectivity index (χ3n) is 9.45. The van der Waals surface area contributed by atoms with Gasteiger partial charge in [0.05, 0.1) is 22.8 Å². The first-order chi connectivity index (χ1) is 25.4. The fourth-order valence-electron chi connectivity index (χ4n) is 7.08. The van der Waals surface area contributed by atoms with Crippen molar-refractivity contribution in [1.82, 2.24) is 19.9 Å². The number of aromatic hydroxyl groups is 4. The zero-order valence-corrected chi connectivity index (χ0v) is 31.3. The number of nitrogens with one attached hydrogen (secondary N) is 2. The Hall–Kier alpha value is -6.22. The van der Waals surface area contributed by atoms with Crippen LogP contribution in [0, 0.1) is 0 Å². The standard InChI is InChI=1S/C44H30N4O4.2ClH.Fe/c49-37-13-5-1-9-25(37)41-29-17-19-31(45-29)42(26-10-2-6-14-38(26)50)33-21-23-35(47-33)44(28-12-4-8-16-40(28)52)36-24-22-34(48-36)43(32-20-18-30(41)46-32)27-11-3-7-15-39(27)51;;;/h1-24,45,48-52H;2*1H;/q;;;+2/p-2. The number of benzene rings is 4. The van der Waals surface area contributed by atoms with Crippen LogP contribution in [0.4, 0.5) is 0 Å². The summed E-state index contributed by atoms with van der Waals surface area (Å²) in [6, 6.07) is 36.2. The number of H-pyrrole nitrogens is 2. The predicted octanol–water partition coefficient (Wildman–Crippen LogP) is 4.15. The minimum absolute atomic E-state index is 0. The Morgan fingerprint density at radius 2 is 0.545 bits per heavy atom. The Balaban J connectivity index is 0.00000171. The van der Waals surface area contributed by atoms with Crippen LogP contribution in [0.3, 0.4) is 0 Å². The number of hydrogen-bond donors (Lipinski definition) is 6. The van der Waals surface area contributed by atoms with Gasteiger partial charge < -0.3 is 55.2 Å². The number of rotatable bonds is 4. The van der Waals surface area contributed by atoms with Gasteiger partial charge in [0.25, 0.3) is 0 Å². The molecule has 272 valence electrons. The summed E-state index contributed by atoms with van der Waals surface area (Å²) in [6.45, 7) is 0. The third-order valence-corrected chi connectivity index (χ3v) is 9.45. The zero-order chi connectivity index (χ0) is 35.3. The molecule has 0 aliphatic carbocycles. The van der Waals surface area contributed by atoms with E-state index in [0.29, 0.717) is 89.4 Å². The molecule has 0 saturated heterocycles. The number of nitrogens with zero attached hydrogens (tertiary/aromatic N) is 2. The second-order valence-corrected chi connectivity index (χ2v) is 12.6. The van der Waals surface area contributed by atoms with Crippen molar-refractivity contribution < 1.29 is 62.3 Å². The maximum atomic E-state index is 11.2. The Morgan fingerprint density at radius 3 is 0.764 bits per heavy atom. The number of aromatic amines is 2. The van der Waals surface area contributed by atoms with Crippen LogP contribution in [-0.4, -0.2) is 40.4 Å². The SMILES string of the molecule is Oc1ccccc1-c1c2nc(c(-c3ccccc3O)c3ccc([nH]3)c(-c3ccccc3O)c3nc(c(-c4ccccc4O)c4ccc1[nH]4)C=C3)C=C2.[Cl-].[Cl-].[Fe+2]. The second kappa shape index (κ2) is 15.6. The van der Waals surface area contributed by atoms with E-state index in [1.54, 1.807) is 48.5 Å². The molecule has 7 aromatic rings. The monoisotopic (exact) mass is 804 g/mol. The molecular formula is C44H30Cl2FeN4O4. The van der Waals surface area contributed by atoms with E-state index in [1.807, 2.05) is 97.1 Å². The summed E-state index contributed by atoms with van der Waals surface area (Å²) in [5.74, 6) is 0.356. The number of fused-ring (bicyclic) bond motifs is 8. The summed E-state index contributed by atoms with van der Waals surface area (Å²) < 4.78 is 0. The van der Waals surface area contributed by atoms with Gasteiger partial charge in [-0.1, -0.05) is 72.8 Å². The van der Waals surface area contributed by atoms with Crippen molar-refractivity contribution in [1.29, 1.82) is 0 Å². The minimum atomic E-state index is 0. The average molecular weight is 805 g/mol. The van der Waals surface area contributed by atoms with Crippen LogP contribution in [-0.2, 0) is 17.1 Å². The van der Waals surface area contributed by atoms with Gasteiger partial charge in [-0.3, -0.25) is 0 Å². The molecule has 0 radical (unpaired) electrons. The second-order valence-electron chi connectivity index (χ2n) is 12.6. The quantitative estimate of drug-likeness (QED) is 0.148. The van der Waals surface area contributed by atoms with Gasteiger partial charge in [-0.15, -0.1) is 0 Å². The van der Waals surface area contributed by atoms with Gasteiger partial charge in [-0.05, 0) is 72.8 Å². The minimum Gasteiger partial charge on any atom is -1.00 e. The van der Waals surface area contributed by atoms with Gasteiger partial charge in [0.15, 0.2) is 0 Å². The van der Waals surface area contributed by atoms with E-state index in [4.69, 9.17) is 9.97 Å². The molecule has 11 heteroatoms. The molecule has 0 saturated carbocycles. The first-order valence-electron chi connectivity index (χ1n) is 16.7. The first kappa shape index (κ1) is 38.5. The van der Waals surface area contributed by atoms with E-state index in [-0.39, 0.29) is 64.9 Å². The van der Waals surface area contributed by atoms with Gasteiger partial charge >= 0.3 is 17.1 Å². The van der Waals surface area contributed by atoms with Gasteiger partial charge in [0.2, 0.25) is 0 Å². The fourth-order valence-corrected chi connectivity index (χ4v) is 7.08. The van der Waals surface area contributed by atoms with Crippen molar-refractivity contribution in [3.8, 4) is 67.5 Å². The summed E-state index contributed by atoms with van der Waals surface area (Å²) in [5, 5.41) is 44.7. The summed E-state index contributed by atoms with van der Waals surface area (Å²) in [5.41, 5.74) is 10.1. The van der Waals surface area contributed by atoms with Crippen LogP contribution in [0.25, 0.3) is 90.9 Å². The summed E-state index contributed by atoms with van der Waals surface area (Å²) >= 11 is 0. The van der Waals surface area contributed by atoms with Crippen LogP contribution in [0.15, 0.2) is 121 Å². The van der Waals surface area contributed by atoms with Crippen molar-refractivity contribution in [2.75, 3.05) is 0 Å². The van der Waals surface area contributed by atoms with Gasteiger partial charge in [0, 0.05) is 66.6 Å². The molecule has 5 heterocycles. The average Bonchev–Trinajstić information content (AvgIpc) is 3.99. The molecule has 55 heavy (non-hydrogen) atoms. The van der Waals surface area contributed by atoms with Crippen molar-refractivity contribution in [2.45, 2.75) is 0 Å². The fraction of sp³-hybridized carbons (Fsp3) is 0. The van der Waals surface area contributed by atoms with Gasteiger partial charge in [-0.2, -0.15) is 0 Å². The molecule has 0 unspecified atom stereocenters. The van der Waals surface area contributed by atoms with Crippen LogP contribution < -0.4 is 24.8 Å². The summed E-state index contributed by atoms with van der Waals surface area (Å²) in [6.07, 6.45) is 7.60. The van der Waals surface area contributed by atoms with Crippen LogP contribution in [0.2, 0.25) is 0 Å². The van der Waals surface area contributed by atoms with E-state index in [0.717, 1.165) is 0 Å². The molecule has 4 aromatic carbocycles. The molecule has 0 amide bonds. The van der Waals surface area contributed by atoms with E-state index >= 15 is 0 Å². The number of phenolic OH excluding ortho intramolecular Hbond substituents is 4. The topological polar surface area (TPSA) is 138 Å². The molecule has 8 bridgehead atoms. The Bertz CT molecular complexity index is 2460. The first-order valence-corrected chi connectivity index (χ1v) is 16.7. The molecule has 0 spiro atoms. The number of para-hydroxylation sites is 4. The van der Waals surface area contributed by atoms with Crippen molar-refractivity contribution >= 4 is 46.4 Å². The van der Waals surface area contributed by atoms with Crippen molar-refractivity contribution in [3.63, 3.8) is 0 Å². The van der Waals surface area contributed by atoms with Gasteiger partial charge in [-0.25, -0.2) is 9.97 Å². The molecule has 6 N–H and O–H groups in total. The molecule has 0 atom stereocenters. The Morgan fingerprint density at radius 1 is 0.327 bits per heavy atom. The van der Waals surface area contributed by atoms with Crippen molar-refractivity contribution in [3.05, 3.63) is 144 Å².